The Morgan fingerprint density at radius 2 is 2.00 bits per heavy atom. The van der Waals surface area contributed by atoms with E-state index in [1.54, 1.807) is 0 Å². The lowest BCUT2D eigenvalue weighted by atomic mass is 9.80. The molecule has 1 aromatic carbocycles. The molecule has 0 amide bonds. The number of thiophene rings is 1. The van der Waals surface area contributed by atoms with Crippen LogP contribution >= 0.6 is 11.3 Å². The van der Waals surface area contributed by atoms with E-state index >= 15 is 0 Å². The van der Waals surface area contributed by atoms with E-state index in [9.17, 15) is 4.39 Å². The second kappa shape index (κ2) is 3.23. The van der Waals surface area contributed by atoms with Gasteiger partial charge >= 0.3 is 7.12 Å². The van der Waals surface area contributed by atoms with E-state index in [0.717, 1.165) is 17.4 Å². The van der Waals surface area contributed by atoms with Crippen molar-refractivity contribution in [2.45, 2.75) is 0 Å². The molecule has 0 radical (unpaired) electrons. The maximum atomic E-state index is 13.3. The number of hydrogen-bond donors (Lipinski definition) is 3. The second-order valence-corrected chi connectivity index (χ2v) is 3.78. The molecule has 0 aliphatic carbocycles. The van der Waals surface area contributed by atoms with E-state index < -0.39 is 12.9 Å². The topological polar surface area (TPSA) is 60.7 Å². The number of phenols is 1. The van der Waals surface area contributed by atoms with Gasteiger partial charge in [0, 0.05) is 21.6 Å². The average Bonchev–Trinajstić information content (AvgIpc) is 2.47. The molecule has 0 fully saturated rings. The smallest absolute Gasteiger partial charge is 0.490 e. The molecule has 3 N–H and O–H groups in total. The van der Waals surface area contributed by atoms with Gasteiger partial charge in [0.15, 0.2) is 0 Å². The third-order valence-electron chi connectivity index (χ3n) is 1.92. The molecule has 0 saturated carbocycles. The van der Waals surface area contributed by atoms with Crippen molar-refractivity contribution in [2.75, 3.05) is 0 Å². The predicted molar refractivity (Wildman–Crippen MR) is 53.3 cm³/mol. The lowest BCUT2D eigenvalue weighted by Gasteiger charge is -1.99. The summed E-state index contributed by atoms with van der Waals surface area (Å²) in [6.07, 6.45) is 0. The number of benzene rings is 1. The molecule has 0 atom stereocenters. The Bertz CT molecular complexity index is 483. The van der Waals surface area contributed by atoms with Crippen molar-refractivity contribution < 1.29 is 19.5 Å². The second-order valence-electron chi connectivity index (χ2n) is 2.87. The van der Waals surface area contributed by atoms with Crippen LogP contribution in [-0.2, 0) is 0 Å². The molecule has 1 aromatic heterocycles. The van der Waals surface area contributed by atoms with Gasteiger partial charge in [0.05, 0.1) is 0 Å². The van der Waals surface area contributed by atoms with Crippen LogP contribution in [0.2, 0.25) is 0 Å². The van der Waals surface area contributed by atoms with Gasteiger partial charge in [0.25, 0.3) is 0 Å². The molecule has 0 saturated heterocycles. The van der Waals surface area contributed by atoms with Gasteiger partial charge in [-0.3, -0.25) is 0 Å². The number of hydrogen-bond acceptors (Lipinski definition) is 4. The van der Waals surface area contributed by atoms with Crippen LogP contribution in [-0.4, -0.2) is 22.3 Å². The highest BCUT2D eigenvalue weighted by Gasteiger charge is 2.19. The van der Waals surface area contributed by atoms with E-state index in [1.165, 1.54) is 11.4 Å². The van der Waals surface area contributed by atoms with Gasteiger partial charge < -0.3 is 15.2 Å². The maximum Gasteiger partial charge on any atom is 0.490 e. The van der Waals surface area contributed by atoms with Crippen LogP contribution in [0, 0.1) is 5.82 Å². The van der Waals surface area contributed by atoms with Crippen LogP contribution in [0.15, 0.2) is 17.5 Å². The molecule has 72 valence electrons. The van der Waals surface area contributed by atoms with Gasteiger partial charge in [-0.2, -0.15) is 0 Å². The Kier molecular flexibility index (Phi) is 2.18. The number of fused-ring (bicyclic) bond motifs is 1. The highest BCUT2D eigenvalue weighted by Crippen LogP contribution is 2.26. The summed E-state index contributed by atoms with van der Waals surface area (Å²) in [7, 11) is -1.69. The van der Waals surface area contributed by atoms with Gasteiger partial charge in [-0.1, -0.05) is 0 Å². The van der Waals surface area contributed by atoms with Crippen molar-refractivity contribution in [3.8, 4) is 5.75 Å². The zero-order valence-electron chi connectivity index (χ0n) is 6.94. The van der Waals surface area contributed by atoms with Gasteiger partial charge in [-0.05, 0) is 11.4 Å². The quantitative estimate of drug-likeness (QED) is 0.600. The molecule has 0 spiro atoms. The Labute approximate surface area is 83.2 Å². The van der Waals surface area contributed by atoms with Crippen LogP contribution in [0.5, 0.6) is 5.75 Å². The van der Waals surface area contributed by atoms with Crippen LogP contribution in [0.4, 0.5) is 4.39 Å². The maximum absolute atomic E-state index is 13.3. The zero-order chi connectivity index (χ0) is 10.3. The summed E-state index contributed by atoms with van der Waals surface area (Å²) in [5, 5.41) is 28.6. The normalized spacial score (nSPS) is 10.8. The fraction of sp³-hybridized carbons (Fsp3) is 0. The number of aromatic hydroxyl groups is 1. The molecule has 1 heterocycles. The summed E-state index contributed by atoms with van der Waals surface area (Å²) in [5.74, 6) is -0.819. The highest BCUT2D eigenvalue weighted by atomic mass is 32.1. The van der Waals surface area contributed by atoms with E-state index in [4.69, 9.17) is 15.2 Å². The Morgan fingerprint density at radius 3 is 2.64 bits per heavy atom. The third-order valence-corrected chi connectivity index (χ3v) is 2.87. The first-order chi connectivity index (χ1) is 6.59. The average molecular weight is 212 g/mol. The highest BCUT2D eigenvalue weighted by molar-refractivity contribution is 7.18. The minimum atomic E-state index is -1.69. The molecular weight excluding hydrogens is 206 g/mol. The SMILES string of the molecule is OB(O)c1csc2cc(O)cc(F)c12. The lowest BCUT2D eigenvalue weighted by Crippen LogP contribution is -2.29. The van der Waals surface area contributed by atoms with Gasteiger partial charge in [0.2, 0.25) is 0 Å². The molecule has 3 nitrogen and oxygen atoms in total. The van der Waals surface area contributed by atoms with Crippen LogP contribution in [0.3, 0.4) is 0 Å². The van der Waals surface area contributed by atoms with Gasteiger partial charge in [0.1, 0.15) is 11.6 Å². The predicted octanol–water partition coefficient (Wildman–Crippen LogP) is 0.426. The summed E-state index contributed by atoms with van der Waals surface area (Å²) >= 11 is 1.15. The molecule has 0 aliphatic heterocycles. The number of halogens is 1. The van der Waals surface area contributed by atoms with Crippen LogP contribution in [0.1, 0.15) is 0 Å². The fourth-order valence-corrected chi connectivity index (χ4v) is 2.33. The van der Waals surface area contributed by atoms with Gasteiger partial charge in [-0.25, -0.2) is 4.39 Å². The van der Waals surface area contributed by atoms with E-state index in [0.29, 0.717) is 4.70 Å². The first-order valence-corrected chi connectivity index (χ1v) is 4.73. The first kappa shape index (κ1) is 9.45. The van der Waals surface area contributed by atoms with E-state index in [-0.39, 0.29) is 16.6 Å². The number of rotatable bonds is 1. The summed E-state index contributed by atoms with van der Waals surface area (Å²) in [6, 6.07) is 2.33. The van der Waals surface area contributed by atoms with Crippen molar-refractivity contribution >= 4 is 34.0 Å². The minimum Gasteiger partial charge on any atom is -0.508 e. The molecule has 0 unspecified atom stereocenters. The van der Waals surface area contributed by atoms with Crippen molar-refractivity contribution in [1.82, 2.24) is 0 Å². The molecule has 0 aliphatic rings. The molecule has 14 heavy (non-hydrogen) atoms. The fourth-order valence-electron chi connectivity index (χ4n) is 1.32. The first-order valence-electron chi connectivity index (χ1n) is 3.85. The summed E-state index contributed by atoms with van der Waals surface area (Å²) in [4.78, 5) is 0. The largest absolute Gasteiger partial charge is 0.508 e. The monoisotopic (exact) mass is 212 g/mol. The molecule has 6 heteroatoms. The standard InChI is InChI=1S/C8H6BFO3S/c10-6-1-4(11)2-7-8(6)5(3-14-7)9(12)13/h1-3,11-13H. The summed E-state index contributed by atoms with van der Waals surface area (Å²) < 4.78 is 13.8. The van der Waals surface area contributed by atoms with Crippen molar-refractivity contribution in [2.24, 2.45) is 0 Å². The lowest BCUT2D eigenvalue weighted by molar-refractivity contribution is 0.426. The van der Waals surface area contributed by atoms with Crippen molar-refractivity contribution in [3.63, 3.8) is 0 Å². The Morgan fingerprint density at radius 1 is 1.29 bits per heavy atom. The summed E-state index contributed by atoms with van der Waals surface area (Å²) in [6.45, 7) is 0. The summed E-state index contributed by atoms with van der Waals surface area (Å²) in [5.41, 5.74) is 0.127. The molecule has 0 bridgehead atoms. The van der Waals surface area contributed by atoms with Crippen molar-refractivity contribution in [1.29, 1.82) is 0 Å². The van der Waals surface area contributed by atoms with E-state index in [2.05, 4.69) is 0 Å². The third kappa shape index (κ3) is 1.37. The van der Waals surface area contributed by atoms with E-state index in [1.807, 2.05) is 0 Å². The molecule has 2 aromatic rings. The van der Waals surface area contributed by atoms with Crippen LogP contribution < -0.4 is 5.46 Å². The Balaban J connectivity index is 2.79. The van der Waals surface area contributed by atoms with Crippen molar-refractivity contribution in [3.05, 3.63) is 23.3 Å². The van der Waals surface area contributed by atoms with Crippen LogP contribution in [0.25, 0.3) is 10.1 Å². The zero-order valence-corrected chi connectivity index (χ0v) is 7.75. The molecule has 2 rings (SSSR count). The Hall–Kier alpha value is -1.11. The molecular formula is C8H6BFO3S. The van der Waals surface area contributed by atoms with Gasteiger partial charge in [-0.15, -0.1) is 11.3 Å². The minimum absolute atomic E-state index is 0.127. The number of phenolic OH excluding ortho intramolecular Hbond substituents is 1.